The van der Waals surface area contributed by atoms with Crippen LogP contribution >= 0.6 is 11.3 Å². The van der Waals surface area contributed by atoms with E-state index >= 15 is 0 Å². The van der Waals surface area contributed by atoms with Gasteiger partial charge in [0.05, 0.1) is 13.7 Å². The van der Waals surface area contributed by atoms with Crippen LogP contribution in [0.2, 0.25) is 0 Å². The Kier molecular flexibility index (Phi) is 7.84. The maximum Gasteiger partial charge on any atom is 0.267 e. The van der Waals surface area contributed by atoms with Crippen LogP contribution in [-0.2, 0) is 4.79 Å². The highest BCUT2D eigenvalue weighted by Crippen LogP contribution is 2.25. The number of carbonyl (C=O) groups excluding carboxylic acids is 2. The molecule has 2 aromatic carbocycles. The standard InChI is InChI=1S/C24H24N2O4S/c1-17-8-3-4-10-19(17)23(27)26-20(16-18-9-7-15-31-18)24(28)25-13-14-30-22-12-6-5-11-21(22)29-2/h3-12,15-16H,13-14H2,1-2H3,(H,25,28)(H,26,27)/b20-16-. The minimum absolute atomic E-state index is 0.174. The number of methoxy groups -OCH3 is 1. The van der Waals surface area contributed by atoms with Gasteiger partial charge in [-0.3, -0.25) is 9.59 Å². The smallest absolute Gasteiger partial charge is 0.267 e. The van der Waals surface area contributed by atoms with Gasteiger partial charge in [0, 0.05) is 10.4 Å². The second-order valence-electron chi connectivity index (χ2n) is 6.60. The highest BCUT2D eigenvalue weighted by atomic mass is 32.1. The molecule has 0 radical (unpaired) electrons. The van der Waals surface area contributed by atoms with Gasteiger partial charge in [0.2, 0.25) is 0 Å². The SMILES string of the molecule is COc1ccccc1OCCNC(=O)/C(=C/c1cccs1)NC(=O)c1ccccc1C. The Morgan fingerprint density at radius 3 is 2.45 bits per heavy atom. The summed E-state index contributed by atoms with van der Waals surface area (Å²) in [5, 5.41) is 7.44. The van der Waals surface area contributed by atoms with E-state index in [1.807, 2.05) is 48.7 Å². The number of nitrogens with one attached hydrogen (secondary N) is 2. The Labute approximate surface area is 185 Å². The van der Waals surface area contributed by atoms with E-state index in [-0.39, 0.29) is 30.7 Å². The molecule has 0 atom stereocenters. The number of hydrogen-bond donors (Lipinski definition) is 2. The number of aryl methyl sites for hydroxylation is 1. The van der Waals surface area contributed by atoms with Crippen LogP contribution in [-0.4, -0.2) is 32.1 Å². The van der Waals surface area contributed by atoms with E-state index in [4.69, 9.17) is 9.47 Å². The van der Waals surface area contributed by atoms with Crippen molar-refractivity contribution in [1.29, 1.82) is 0 Å². The molecule has 0 aliphatic heterocycles. The van der Waals surface area contributed by atoms with Crippen LogP contribution in [0.3, 0.4) is 0 Å². The van der Waals surface area contributed by atoms with E-state index in [1.54, 1.807) is 37.5 Å². The molecule has 3 aromatic rings. The fraction of sp³-hybridized carbons (Fsp3) is 0.167. The van der Waals surface area contributed by atoms with Gasteiger partial charge >= 0.3 is 0 Å². The summed E-state index contributed by atoms with van der Waals surface area (Å²) >= 11 is 1.48. The number of para-hydroxylation sites is 2. The summed E-state index contributed by atoms with van der Waals surface area (Å²) in [5.74, 6) is 0.499. The minimum atomic E-state index is -0.390. The van der Waals surface area contributed by atoms with Crippen molar-refractivity contribution in [2.45, 2.75) is 6.92 Å². The van der Waals surface area contributed by atoms with Crippen molar-refractivity contribution >= 4 is 29.2 Å². The average molecular weight is 437 g/mol. The first-order valence-electron chi connectivity index (χ1n) is 9.74. The van der Waals surface area contributed by atoms with Gasteiger partial charge in [-0.15, -0.1) is 11.3 Å². The van der Waals surface area contributed by atoms with Gasteiger partial charge < -0.3 is 20.1 Å². The van der Waals surface area contributed by atoms with Crippen LogP contribution in [0.1, 0.15) is 20.8 Å². The predicted molar refractivity (Wildman–Crippen MR) is 122 cm³/mol. The number of thiophene rings is 1. The molecule has 2 N–H and O–H groups in total. The topological polar surface area (TPSA) is 76.7 Å². The van der Waals surface area contributed by atoms with Gasteiger partial charge in [0.25, 0.3) is 11.8 Å². The number of amides is 2. The largest absolute Gasteiger partial charge is 0.493 e. The molecule has 160 valence electrons. The lowest BCUT2D eigenvalue weighted by atomic mass is 10.1. The first kappa shape index (κ1) is 22.1. The minimum Gasteiger partial charge on any atom is -0.493 e. The number of hydrogen-bond acceptors (Lipinski definition) is 5. The molecule has 2 amide bonds. The van der Waals surface area contributed by atoms with E-state index < -0.39 is 0 Å². The van der Waals surface area contributed by atoms with Crippen LogP contribution in [0, 0.1) is 6.92 Å². The highest BCUT2D eigenvalue weighted by Gasteiger charge is 2.16. The zero-order chi connectivity index (χ0) is 22.1. The van der Waals surface area contributed by atoms with Crippen LogP contribution in [0.5, 0.6) is 11.5 Å². The summed E-state index contributed by atoms with van der Waals surface area (Å²) < 4.78 is 10.9. The number of benzene rings is 2. The van der Waals surface area contributed by atoms with Crippen LogP contribution in [0.4, 0.5) is 0 Å². The summed E-state index contributed by atoms with van der Waals surface area (Å²) in [5.41, 5.74) is 1.53. The third kappa shape index (κ3) is 6.20. The zero-order valence-corrected chi connectivity index (χ0v) is 18.2. The maximum atomic E-state index is 12.8. The summed E-state index contributed by atoms with van der Waals surface area (Å²) in [6.45, 7) is 2.37. The Morgan fingerprint density at radius 1 is 1.00 bits per heavy atom. The Bertz CT molecular complexity index is 1060. The fourth-order valence-corrected chi connectivity index (χ4v) is 3.51. The van der Waals surface area contributed by atoms with Crippen molar-refractivity contribution in [1.82, 2.24) is 10.6 Å². The molecule has 0 spiro atoms. The van der Waals surface area contributed by atoms with E-state index in [0.717, 1.165) is 10.4 Å². The molecule has 1 aromatic heterocycles. The highest BCUT2D eigenvalue weighted by molar-refractivity contribution is 7.10. The predicted octanol–water partition coefficient (Wildman–Crippen LogP) is 4.03. The molecule has 0 unspecified atom stereocenters. The summed E-state index contributed by atoms with van der Waals surface area (Å²) in [6.07, 6.45) is 1.66. The van der Waals surface area contributed by atoms with Gasteiger partial charge in [-0.25, -0.2) is 0 Å². The molecule has 3 rings (SSSR count). The van der Waals surface area contributed by atoms with E-state index in [1.165, 1.54) is 11.3 Å². The van der Waals surface area contributed by atoms with E-state index in [0.29, 0.717) is 17.1 Å². The molecule has 0 saturated carbocycles. The lowest BCUT2D eigenvalue weighted by Crippen LogP contribution is -2.36. The van der Waals surface area contributed by atoms with Gasteiger partial charge in [-0.05, 0) is 48.2 Å². The van der Waals surface area contributed by atoms with Crippen molar-refractivity contribution in [3.05, 3.63) is 87.7 Å². The van der Waals surface area contributed by atoms with Gasteiger partial charge in [-0.1, -0.05) is 36.4 Å². The third-order valence-electron chi connectivity index (χ3n) is 4.43. The van der Waals surface area contributed by atoms with Crippen LogP contribution in [0.25, 0.3) is 6.08 Å². The maximum absolute atomic E-state index is 12.8. The lowest BCUT2D eigenvalue weighted by molar-refractivity contribution is -0.117. The van der Waals surface area contributed by atoms with Crippen LogP contribution in [0.15, 0.2) is 71.7 Å². The quantitative estimate of drug-likeness (QED) is 0.392. The van der Waals surface area contributed by atoms with Crippen molar-refractivity contribution in [3.8, 4) is 11.5 Å². The molecule has 0 aliphatic rings. The molecule has 0 bridgehead atoms. The van der Waals surface area contributed by atoms with Crippen molar-refractivity contribution in [2.75, 3.05) is 20.3 Å². The van der Waals surface area contributed by atoms with E-state index in [9.17, 15) is 9.59 Å². The van der Waals surface area contributed by atoms with Gasteiger partial charge in [0.15, 0.2) is 11.5 Å². The summed E-state index contributed by atoms with van der Waals surface area (Å²) in [6, 6.07) is 18.3. The molecule has 1 heterocycles. The number of rotatable bonds is 9. The fourth-order valence-electron chi connectivity index (χ4n) is 2.85. The van der Waals surface area contributed by atoms with Crippen molar-refractivity contribution < 1.29 is 19.1 Å². The first-order chi connectivity index (χ1) is 15.1. The Balaban J connectivity index is 1.64. The van der Waals surface area contributed by atoms with Gasteiger partial charge in [-0.2, -0.15) is 0 Å². The monoisotopic (exact) mass is 436 g/mol. The van der Waals surface area contributed by atoms with Gasteiger partial charge in [0.1, 0.15) is 12.3 Å². The summed E-state index contributed by atoms with van der Waals surface area (Å²) in [4.78, 5) is 26.4. The second kappa shape index (κ2) is 11.0. The number of carbonyl (C=O) groups is 2. The molecule has 0 saturated heterocycles. The zero-order valence-electron chi connectivity index (χ0n) is 17.4. The molecular weight excluding hydrogens is 412 g/mol. The molecule has 6 nitrogen and oxygen atoms in total. The number of ether oxygens (including phenoxy) is 2. The Morgan fingerprint density at radius 2 is 1.74 bits per heavy atom. The first-order valence-corrected chi connectivity index (χ1v) is 10.6. The third-order valence-corrected chi connectivity index (χ3v) is 5.25. The van der Waals surface area contributed by atoms with E-state index in [2.05, 4.69) is 10.6 Å². The molecule has 7 heteroatoms. The molecular formula is C24H24N2O4S. The van der Waals surface area contributed by atoms with Crippen LogP contribution < -0.4 is 20.1 Å². The molecule has 31 heavy (non-hydrogen) atoms. The van der Waals surface area contributed by atoms with Crippen molar-refractivity contribution in [3.63, 3.8) is 0 Å². The second-order valence-corrected chi connectivity index (χ2v) is 7.58. The summed E-state index contributed by atoms with van der Waals surface area (Å²) in [7, 11) is 1.57. The lowest BCUT2D eigenvalue weighted by Gasteiger charge is -2.13. The average Bonchev–Trinajstić information content (AvgIpc) is 3.29. The molecule has 0 fully saturated rings. The van der Waals surface area contributed by atoms with Crippen molar-refractivity contribution in [2.24, 2.45) is 0 Å². The normalized spacial score (nSPS) is 11.0. The molecule has 0 aliphatic carbocycles. The Hall–Kier alpha value is -3.58.